The van der Waals surface area contributed by atoms with Crippen molar-refractivity contribution in [3.8, 4) is 0 Å². The van der Waals surface area contributed by atoms with Crippen molar-refractivity contribution in [1.29, 1.82) is 0 Å². The molecule has 1 unspecified atom stereocenters. The third-order valence-corrected chi connectivity index (χ3v) is 5.85. The molecular formula is C18H67N3. The van der Waals surface area contributed by atoms with Crippen LogP contribution in [0.1, 0.15) is 85.7 Å². The molecule has 0 radical (unpaired) electrons. The topological polar surface area (TPSA) is 37.8 Å². The van der Waals surface area contributed by atoms with Crippen LogP contribution in [-0.4, -0.2) is 22.6 Å². The second kappa shape index (κ2) is 4.04. The van der Waals surface area contributed by atoms with Crippen LogP contribution in [0, 0.1) is 20.8 Å². The van der Waals surface area contributed by atoms with Crippen LogP contribution in [-0.2, 0) is 5.41 Å². The zero-order chi connectivity index (χ0) is 15.8. The van der Waals surface area contributed by atoms with Gasteiger partial charge in [-0.3, -0.25) is 0 Å². The van der Waals surface area contributed by atoms with E-state index >= 15 is 0 Å². The lowest BCUT2D eigenvalue weighted by Gasteiger charge is -2.38. The molecule has 3 heteroatoms. The lowest BCUT2D eigenvalue weighted by Crippen LogP contribution is -2.48. The predicted molar refractivity (Wildman–Crippen MR) is 132 cm³/mol. The first kappa shape index (κ1) is 12.1. The number of aromatic nitrogens is 2. The van der Waals surface area contributed by atoms with Crippen molar-refractivity contribution in [2.24, 2.45) is 0 Å². The Morgan fingerprint density at radius 1 is 1.33 bits per heavy atom. The van der Waals surface area contributed by atoms with E-state index in [9.17, 15) is 0 Å². The van der Waals surface area contributed by atoms with E-state index in [4.69, 9.17) is 11.4 Å². The van der Waals surface area contributed by atoms with Gasteiger partial charge in [-0.25, -0.2) is 9.97 Å². The van der Waals surface area contributed by atoms with E-state index < -0.39 is 0 Å². The minimum atomic E-state index is 0. The van der Waals surface area contributed by atoms with Crippen LogP contribution in [0.3, 0.4) is 0 Å². The Balaban J connectivity index is -0.0000000167. The smallest absolute Gasteiger partial charge is 0.123 e. The highest BCUT2D eigenvalue weighted by Gasteiger charge is 2.48. The Kier molecular flexibility index (Phi) is 2.33. The number of rotatable bonds is 0. The lowest BCUT2D eigenvalue weighted by molar-refractivity contribution is 0.268. The molecule has 154 valence electrons. The molecule has 1 N–H and O–H groups in total. The first-order valence-corrected chi connectivity index (χ1v) is 7.87. The molecule has 1 fully saturated rings. The summed E-state index contributed by atoms with van der Waals surface area (Å²) in [6.45, 7) is 11.6. The fourth-order valence-electron chi connectivity index (χ4n) is 4.38. The van der Waals surface area contributed by atoms with Crippen molar-refractivity contribution in [3.05, 3.63) is 34.1 Å². The van der Waals surface area contributed by atoms with Gasteiger partial charge in [0, 0.05) is 49.4 Å². The van der Waals surface area contributed by atoms with Gasteiger partial charge in [0.05, 0.1) is 22.4 Å². The largest absolute Gasteiger partial charge is 0.313 e. The monoisotopic (exact) mass is 327 g/mol. The van der Waals surface area contributed by atoms with Crippen molar-refractivity contribution in [2.75, 3.05) is 6.54 Å². The van der Waals surface area contributed by atoms with Crippen molar-refractivity contribution in [1.82, 2.24) is 15.3 Å². The van der Waals surface area contributed by atoms with Crippen LogP contribution in [0.5, 0.6) is 0 Å². The zero-order valence-electron chi connectivity index (χ0n) is 14.5. The molecule has 1 aliphatic heterocycles. The molecule has 0 spiro atoms. The van der Waals surface area contributed by atoms with Crippen LogP contribution in [0.25, 0.3) is 11.0 Å². The van der Waals surface area contributed by atoms with E-state index in [-0.39, 0.29) is 42.8 Å². The predicted octanol–water partition coefficient (Wildman–Crippen LogP) is 8.70. The zero-order valence-corrected chi connectivity index (χ0v) is 13.5. The number of benzene rings is 1. The summed E-state index contributed by atoms with van der Waals surface area (Å²) in [5, 5.41) is 1.77. The minimum absolute atomic E-state index is 0. The second-order valence-electron chi connectivity index (χ2n) is 7.09. The Morgan fingerprint density at radius 3 is 2.81 bits per heavy atom. The van der Waals surface area contributed by atoms with Gasteiger partial charge in [0.2, 0.25) is 0 Å². The van der Waals surface area contributed by atoms with Crippen LogP contribution >= 0.6 is 0 Å². The summed E-state index contributed by atoms with van der Waals surface area (Å²) < 4.78 is 8.30. The number of nitrogens with zero attached hydrogens (tertiary/aromatic N) is 2. The van der Waals surface area contributed by atoms with Crippen molar-refractivity contribution < 1.29 is 32.8 Å². The maximum absolute atomic E-state index is 8.30. The van der Waals surface area contributed by atoms with Crippen LogP contribution in [0.4, 0.5) is 0 Å². The Hall–Kier alpha value is -1.48. The number of hydrogen-bond acceptors (Lipinski definition) is 3. The fraction of sp³-hybridized carbons (Fsp3) is 0.556. The molecule has 0 amide bonds. The Morgan fingerprint density at radius 2 is 2.05 bits per heavy atom. The molecule has 4 rings (SSSR count). The molecule has 0 saturated carbocycles. The maximum Gasteiger partial charge on any atom is 0.123 e. The van der Waals surface area contributed by atoms with Crippen molar-refractivity contribution in [2.45, 2.75) is 58.4 Å². The van der Waals surface area contributed by atoms with Crippen LogP contribution < -0.4 is 5.31 Å². The van der Waals surface area contributed by atoms with Gasteiger partial charge in [-0.15, -0.1) is 0 Å². The molecule has 21 heavy (non-hydrogen) atoms. The van der Waals surface area contributed by atoms with Crippen LogP contribution in [0.15, 0.2) is 6.07 Å². The third-order valence-electron chi connectivity index (χ3n) is 5.85. The molecule has 1 aromatic carbocycles. The minimum Gasteiger partial charge on any atom is -0.313 e. The average Bonchev–Trinajstić information content (AvgIpc) is 2.70. The highest BCUT2D eigenvalue weighted by Crippen LogP contribution is 2.52. The average molecular weight is 327 g/mol. The van der Waals surface area contributed by atoms with Crippen LogP contribution in [0.2, 0.25) is 1.41 Å². The van der Waals surface area contributed by atoms with Gasteiger partial charge in [0.25, 0.3) is 0 Å². The lowest BCUT2D eigenvalue weighted by atomic mass is 9.74. The Bertz CT molecular complexity index is 839. The molecule has 2 bridgehead atoms. The maximum atomic E-state index is 8.30. The number of piperidine rings is 1. The highest BCUT2D eigenvalue weighted by atomic mass is 15.0. The summed E-state index contributed by atoms with van der Waals surface area (Å²) >= 11 is 0. The first-order chi connectivity index (χ1) is 10.3. The summed E-state index contributed by atoms with van der Waals surface area (Å²) in [6.07, 6.45) is 1.15. The van der Waals surface area contributed by atoms with Gasteiger partial charge in [-0.05, 0) is 62.8 Å². The molecule has 3 nitrogen and oxygen atoms in total. The quantitative estimate of drug-likeness (QED) is 0.526. The van der Waals surface area contributed by atoms with E-state index in [1.54, 1.807) is 5.31 Å². The molecule has 2 heterocycles. The fourth-order valence-corrected chi connectivity index (χ4v) is 4.38. The van der Waals surface area contributed by atoms with E-state index in [0.717, 1.165) is 35.4 Å². The molecule has 1 aromatic heterocycles. The van der Waals surface area contributed by atoms with Gasteiger partial charge < -0.3 is 5.31 Å². The second-order valence-corrected chi connectivity index (χ2v) is 7.09. The number of aryl methyl sites for hydroxylation is 3. The Labute approximate surface area is 160 Å². The summed E-state index contributed by atoms with van der Waals surface area (Å²) in [7, 11) is 0. The molecule has 3 atom stereocenters. The van der Waals surface area contributed by atoms with Gasteiger partial charge in [0.15, 0.2) is 0 Å². The summed E-state index contributed by atoms with van der Waals surface area (Å²) in [5.41, 5.74) is 8.25. The van der Waals surface area contributed by atoms with E-state index in [1.165, 1.54) is 16.7 Å². The molecule has 1 aliphatic carbocycles. The number of hydrogen-bond donors (Lipinski definition) is 1. The highest BCUT2D eigenvalue weighted by molar-refractivity contribution is 5.82. The van der Waals surface area contributed by atoms with Gasteiger partial charge in [0.1, 0.15) is 1.41 Å². The van der Waals surface area contributed by atoms with Gasteiger partial charge >= 0.3 is 0 Å². The number of nitrogens with one attached hydrogen (secondary N) is 1. The van der Waals surface area contributed by atoms with E-state index in [1.807, 2.05) is 13.8 Å². The van der Waals surface area contributed by atoms with Crippen molar-refractivity contribution >= 4 is 11.0 Å². The summed E-state index contributed by atoms with van der Waals surface area (Å²) in [4.78, 5) is 9.58. The standard InChI is InChI=1S/C18H23N3.22H2/c1-9-16-14(13-7-18(16,5)12(4)19-8-13)6-15-17(9)21-11(3)10(2)20-15;;;;;;;;;;;;;;;;;;;;;;/h6,12-13,19H,7-8H2,1-5H3;22*1H/t12?,13-,18+;;;;;;;;;;;;;;;;;;;;;;/m0....................../s1/i/hD. The summed E-state index contributed by atoms with van der Waals surface area (Å²) in [6, 6.07) is 2.49. The molecule has 1 saturated heterocycles. The third kappa shape index (κ3) is 1.58. The SMILES string of the molecule is [2H]N1C[C@@H]2C[C@@](C)(c3c2cc2nc(C)c(C)nc2c3C)C1C.[HH].[HH].[HH].[HH].[HH].[HH].[HH].[HH].[HH].[HH].[HH].[HH].[HH].[HH].[HH].[HH].[HH].[HH].[HH].[HH].[HH].[HH]. The molecule has 2 aliphatic rings. The molecule has 2 aromatic rings. The van der Waals surface area contributed by atoms with Gasteiger partial charge in [-0.2, -0.15) is 0 Å². The van der Waals surface area contributed by atoms with Crippen molar-refractivity contribution in [3.63, 3.8) is 0 Å². The number of fused-ring (bicyclic) bond motifs is 6. The van der Waals surface area contributed by atoms with E-state index in [2.05, 4.69) is 26.8 Å². The molecular weight excluding hydrogens is 258 g/mol. The van der Waals surface area contributed by atoms with E-state index in [0.29, 0.717) is 5.92 Å². The summed E-state index contributed by atoms with van der Waals surface area (Å²) in [5.74, 6) is 0.459. The normalized spacial score (nSPS) is 32.3. The van der Waals surface area contributed by atoms with Gasteiger partial charge in [-0.1, -0.05) is 6.92 Å². The first-order valence-electron chi connectivity index (χ1n) is 8.32.